The van der Waals surface area contributed by atoms with E-state index in [1.54, 1.807) is 27.5 Å². The van der Waals surface area contributed by atoms with Crippen LogP contribution in [0.1, 0.15) is 49.3 Å². The van der Waals surface area contributed by atoms with Crippen molar-refractivity contribution in [1.29, 1.82) is 0 Å². The van der Waals surface area contributed by atoms with Crippen molar-refractivity contribution in [2.75, 3.05) is 39.3 Å². The molecular formula is C21H25N5O4. The van der Waals surface area contributed by atoms with E-state index in [0.29, 0.717) is 23.2 Å². The Balaban J connectivity index is 1.42. The molecule has 9 nitrogen and oxygen atoms in total. The van der Waals surface area contributed by atoms with Crippen LogP contribution in [-0.4, -0.2) is 54.8 Å². The first-order chi connectivity index (χ1) is 14.7. The predicted molar refractivity (Wildman–Crippen MR) is 110 cm³/mol. The number of fused-ring (bicyclic) bond motifs is 1. The van der Waals surface area contributed by atoms with Crippen LogP contribution in [0.5, 0.6) is 17.2 Å². The molecule has 0 radical (unpaired) electrons. The number of aromatic nitrogens is 4. The lowest BCUT2D eigenvalue weighted by molar-refractivity contribution is 0.327. The van der Waals surface area contributed by atoms with E-state index in [9.17, 15) is 0 Å². The van der Waals surface area contributed by atoms with Crippen molar-refractivity contribution in [3.05, 3.63) is 24.0 Å². The fourth-order valence-corrected chi connectivity index (χ4v) is 4.17. The first-order valence-corrected chi connectivity index (χ1v) is 10.3. The van der Waals surface area contributed by atoms with Gasteiger partial charge in [-0.25, -0.2) is 0 Å². The molecule has 2 aromatic heterocycles. The zero-order chi connectivity index (χ0) is 20.7. The number of ether oxygens (including phenoxy) is 3. The Labute approximate surface area is 174 Å². The zero-order valence-corrected chi connectivity index (χ0v) is 17.4. The molecule has 1 saturated heterocycles. The molecule has 0 amide bonds. The molecule has 0 bridgehead atoms. The Morgan fingerprint density at radius 3 is 2.10 bits per heavy atom. The summed E-state index contributed by atoms with van der Waals surface area (Å²) in [5.74, 6) is 4.91. The maximum absolute atomic E-state index is 5.93. The first-order valence-electron chi connectivity index (χ1n) is 10.3. The highest BCUT2D eigenvalue weighted by atomic mass is 16.5. The van der Waals surface area contributed by atoms with Crippen LogP contribution in [0, 0.1) is 0 Å². The predicted octanol–water partition coefficient (Wildman–Crippen LogP) is 3.30. The molecule has 0 spiro atoms. The summed E-state index contributed by atoms with van der Waals surface area (Å²) in [6, 6.07) is 1.94. The van der Waals surface area contributed by atoms with Crippen LogP contribution in [-0.2, 0) is 0 Å². The summed E-state index contributed by atoms with van der Waals surface area (Å²) in [6.45, 7) is 1.66. The number of rotatable bonds is 6. The molecular weight excluding hydrogens is 386 g/mol. The molecule has 30 heavy (non-hydrogen) atoms. The Hall–Kier alpha value is -3.10. The first kappa shape index (κ1) is 18.9. The summed E-state index contributed by atoms with van der Waals surface area (Å²) >= 11 is 0. The van der Waals surface area contributed by atoms with Gasteiger partial charge in [0.1, 0.15) is 0 Å². The molecule has 9 heteroatoms. The lowest BCUT2D eigenvalue weighted by Gasteiger charge is -2.31. The second-order valence-corrected chi connectivity index (χ2v) is 7.79. The largest absolute Gasteiger partial charge is 0.493 e. The number of nitrogens with zero attached hydrogens (tertiary/aromatic N) is 5. The van der Waals surface area contributed by atoms with Gasteiger partial charge >= 0.3 is 0 Å². The Bertz CT molecular complexity index is 1060. The highest BCUT2D eigenvalue weighted by Crippen LogP contribution is 2.45. The van der Waals surface area contributed by atoms with E-state index >= 15 is 0 Å². The van der Waals surface area contributed by atoms with E-state index in [1.807, 2.05) is 6.07 Å². The van der Waals surface area contributed by atoms with Gasteiger partial charge in [-0.2, -0.15) is 5.10 Å². The van der Waals surface area contributed by atoms with E-state index in [1.165, 1.54) is 0 Å². The van der Waals surface area contributed by atoms with Gasteiger partial charge in [0.2, 0.25) is 17.5 Å². The number of hydrogen-bond acceptors (Lipinski definition) is 9. The van der Waals surface area contributed by atoms with Crippen molar-refractivity contribution >= 4 is 16.6 Å². The minimum atomic E-state index is 0.286. The van der Waals surface area contributed by atoms with Gasteiger partial charge in [0.25, 0.3) is 0 Å². The zero-order valence-electron chi connectivity index (χ0n) is 17.4. The van der Waals surface area contributed by atoms with Crippen LogP contribution in [0.4, 0.5) is 5.82 Å². The molecule has 3 aromatic rings. The molecule has 5 rings (SSSR count). The summed E-state index contributed by atoms with van der Waals surface area (Å²) in [6.07, 6.45) is 5.88. The summed E-state index contributed by atoms with van der Waals surface area (Å²) < 4.78 is 22.6. The summed E-state index contributed by atoms with van der Waals surface area (Å²) in [5, 5.41) is 19.0. The van der Waals surface area contributed by atoms with Gasteiger partial charge in [-0.3, -0.25) is 0 Å². The minimum absolute atomic E-state index is 0.286. The Morgan fingerprint density at radius 1 is 0.833 bits per heavy atom. The average Bonchev–Trinajstić information content (AvgIpc) is 3.53. The van der Waals surface area contributed by atoms with Crippen LogP contribution < -0.4 is 19.1 Å². The monoisotopic (exact) mass is 411 g/mol. The van der Waals surface area contributed by atoms with Crippen molar-refractivity contribution in [3.8, 4) is 17.2 Å². The second-order valence-electron chi connectivity index (χ2n) is 7.79. The summed E-state index contributed by atoms with van der Waals surface area (Å²) in [7, 11) is 4.82. The number of methoxy groups -OCH3 is 3. The van der Waals surface area contributed by atoms with Gasteiger partial charge in [-0.05, 0) is 31.7 Å². The second kappa shape index (κ2) is 7.62. The molecule has 1 saturated carbocycles. The molecule has 0 unspecified atom stereocenters. The van der Waals surface area contributed by atoms with E-state index < -0.39 is 0 Å². The van der Waals surface area contributed by atoms with E-state index in [0.717, 1.165) is 67.1 Å². The SMILES string of the molecule is COc1cc2c(N3CCC(c4nnc(C5CC5)o4)CC3)nncc2c(OC)c1OC. The lowest BCUT2D eigenvalue weighted by Crippen LogP contribution is -2.34. The van der Waals surface area contributed by atoms with E-state index in [2.05, 4.69) is 25.3 Å². The maximum Gasteiger partial charge on any atom is 0.219 e. The molecule has 0 N–H and O–H groups in total. The molecule has 0 atom stereocenters. The van der Waals surface area contributed by atoms with Crippen LogP contribution in [0.2, 0.25) is 0 Å². The van der Waals surface area contributed by atoms with Crippen LogP contribution in [0.15, 0.2) is 16.7 Å². The van der Waals surface area contributed by atoms with Crippen molar-refractivity contribution in [2.45, 2.75) is 37.5 Å². The smallest absolute Gasteiger partial charge is 0.219 e. The van der Waals surface area contributed by atoms with Crippen LogP contribution in [0.25, 0.3) is 10.8 Å². The van der Waals surface area contributed by atoms with Crippen molar-refractivity contribution < 1.29 is 18.6 Å². The summed E-state index contributed by atoms with van der Waals surface area (Å²) in [5.41, 5.74) is 0. The van der Waals surface area contributed by atoms with Crippen LogP contribution in [0.3, 0.4) is 0 Å². The van der Waals surface area contributed by atoms with Gasteiger partial charge in [0.05, 0.1) is 32.9 Å². The normalized spacial score (nSPS) is 17.4. The van der Waals surface area contributed by atoms with Gasteiger partial charge < -0.3 is 23.5 Å². The fourth-order valence-electron chi connectivity index (χ4n) is 4.17. The molecule has 1 aliphatic heterocycles. The van der Waals surface area contributed by atoms with Gasteiger partial charge in [-0.1, -0.05) is 0 Å². The lowest BCUT2D eigenvalue weighted by atomic mass is 9.96. The Kier molecular flexibility index (Phi) is 4.80. The maximum atomic E-state index is 5.93. The van der Waals surface area contributed by atoms with Gasteiger partial charge in [0.15, 0.2) is 17.3 Å². The topological polar surface area (TPSA) is 95.6 Å². The third kappa shape index (κ3) is 3.18. The quantitative estimate of drug-likeness (QED) is 0.605. The molecule has 3 heterocycles. The molecule has 158 valence electrons. The molecule has 1 aliphatic carbocycles. The number of hydrogen-bond donors (Lipinski definition) is 0. The highest BCUT2D eigenvalue weighted by molar-refractivity contribution is 5.99. The van der Waals surface area contributed by atoms with Crippen molar-refractivity contribution in [1.82, 2.24) is 20.4 Å². The number of anilines is 1. The third-order valence-electron chi connectivity index (χ3n) is 5.98. The third-order valence-corrected chi connectivity index (χ3v) is 5.98. The van der Waals surface area contributed by atoms with Crippen LogP contribution >= 0.6 is 0 Å². The summed E-state index contributed by atoms with van der Waals surface area (Å²) in [4.78, 5) is 2.25. The van der Waals surface area contributed by atoms with Gasteiger partial charge in [-0.15, -0.1) is 15.3 Å². The highest BCUT2D eigenvalue weighted by Gasteiger charge is 2.32. The Morgan fingerprint density at radius 2 is 1.50 bits per heavy atom. The number of piperidine rings is 1. The van der Waals surface area contributed by atoms with Crippen molar-refractivity contribution in [2.24, 2.45) is 0 Å². The van der Waals surface area contributed by atoms with E-state index in [4.69, 9.17) is 18.6 Å². The average molecular weight is 411 g/mol. The number of benzene rings is 1. The van der Waals surface area contributed by atoms with Crippen molar-refractivity contribution in [3.63, 3.8) is 0 Å². The minimum Gasteiger partial charge on any atom is -0.493 e. The molecule has 2 fully saturated rings. The van der Waals surface area contributed by atoms with Gasteiger partial charge in [0, 0.05) is 30.3 Å². The van der Waals surface area contributed by atoms with E-state index in [-0.39, 0.29) is 5.92 Å². The standard InChI is InChI=1S/C21H25N5O4/c1-27-16-10-14-15(17(28-2)18(16)29-3)11-22-23-19(14)26-8-6-13(7-9-26)21-25-24-20(30-21)12-4-5-12/h10-13H,4-9H2,1-3H3. The molecule has 1 aromatic carbocycles. The molecule has 2 aliphatic rings. The fraction of sp³-hybridized carbons (Fsp3) is 0.524.